The Hall–Kier alpha value is -1.75. The third kappa shape index (κ3) is 5.56. The van der Waals surface area contributed by atoms with Gasteiger partial charge in [-0.3, -0.25) is 9.69 Å². The summed E-state index contributed by atoms with van der Waals surface area (Å²) in [6, 6.07) is 3.92. The van der Waals surface area contributed by atoms with E-state index in [1.165, 1.54) is 0 Å². The minimum atomic E-state index is -0.211. The topological polar surface area (TPSA) is 50.8 Å². The molecule has 0 aliphatic heterocycles. The standard InChI is InChI=1S/C17H28N2O3/c1-12-8-14(21-6)15(22-7)9-13(12)10-19(5)11-16(20)18-17(2,3)4/h8-9H,10-11H2,1-7H3,(H,18,20). The van der Waals surface area contributed by atoms with E-state index in [2.05, 4.69) is 5.32 Å². The van der Waals surface area contributed by atoms with Gasteiger partial charge < -0.3 is 14.8 Å². The molecule has 1 aromatic rings. The van der Waals surface area contributed by atoms with E-state index in [0.29, 0.717) is 18.8 Å². The van der Waals surface area contributed by atoms with Crippen LogP contribution >= 0.6 is 0 Å². The van der Waals surface area contributed by atoms with Crippen LogP contribution in [0.2, 0.25) is 0 Å². The maximum absolute atomic E-state index is 12.0. The quantitative estimate of drug-likeness (QED) is 0.876. The molecule has 0 fully saturated rings. The molecule has 0 aliphatic carbocycles. The fourth-order valence-corrected chi connectivity index (χ4v) is 2.24. The predicted octanol–water partition coefficient (Wildman–Crippen LogP) is 2.36. The zero-order valence-corrected chi connectivity index (χ0v) is 14.7. The van der Waals surface area contributed by atoms with Gasteiger partial charge in [0.1, 0.15) is 0 Å². The molecule has 0 unspecified atom stereocenters. The average Bonchev–Trinajstić information content (AvgIpc) is 2.38. The lowest BCUT2D eigenvalue weighted by Crippen LogP contribution is -2.45. The fraction of sp³-hybridized carbons (Fsp3) is 0.588. The number of hydrogen-bond donors (Lipinski definition) is 1. The fourth-order valence-electron chi connectivity index (χ4n) is 2.24. The Kier molecular flexibility index (Phi) is 6.23. The van der Waals surface area contributed by atoms with E-state index in [-0.39, 0.29) is 11.4 Å². The van der Waals surface area contributed by atoms with Crippen LogP contribution in [0.1, 0.15) is 31.9 Å². The summed E-state index contributed by atoms with van der Waals surface area (Å²) in [4.78, 5) is 14.0. The molecule has 0 atom stereocenters. The van der Waals surface area contributed by atoms with Crippen LogP contribution in [0.5, 0.6) is 11.5 Å². The molecule has 22 heavy (non-hydrogen) atoms. The van der Waals surface area contributed by atoms with Gasteiger partial charge in [0.2, 0.25) is 5.91 Å². The van der Waals surface area contributed by atoms with E-state index in [4.69, 9.17) is 9.47 Å². The Labute approximate surface area is 133 Å². The maximum atomic E-state index is 12.0. The molecule has 0 bridgehead atoms. The van der Waals surface area contributed by atoms with Crippen LogP contribution in [0.15, 0.2) is 12.1 Å². The van der Waals surface area contributed by atoms with E-state index in [0.717, 1.165) is 16.9 Å². The molecular formula is C17H28N2O3. The molecule has 0 spiro atoms. The predicted molar refractivity (Wildman–Crippen MR) is 88.5 cm³/mol. The van der Waals surface area contributed by atoms with Gasteiger partial charge >= 0.3 is 0 Å². The van der Waals surface area contributed by atoms with Crippen molar-refractivity contribution >= 4 is 5.91 Å². The molecule has 0 aromatic heterocycles. The Balaban J connectivity index is 2.76. The van der Waals surface area contributed by atoms with Crippen LogP contribution in [0.25, 0.3) is 0 Å². The molecule has 1 amide bonds. The van der Waals surface area contributed by atoms with Gasteiger partial charge in [-0.1, -0.05) is 0 Å². The lowest BCUT2D eigenvalue weighted by Gasteiger charge is -2.24. The lowest BCUT2D eigenvalue weighted by atomic mass is 10.1. The van der Waals surface area contributed by atoms with Crippen molar-refractivity contribution in [3.63, 3.8) is 0 Å². The molecule has 0 saturated carbocycles. The van der Waals surface area contributed by atoms with Crippen LogP contribution in [0.4, 0.5) is 0 Å². The Morgan fingerprint density at radius 3 is 2.23 bits per heavy atom. The third-order valence-electron chi connectivity index (χ3n) is 3.21. The Morgan fingerprint density at radius 2 is 1.73 bits per heavy atom. The summed E-state index contributed by atoms with van der Waals surface area (Å²) in [6.07, 6.45) is 0. The highest BCUT2D eigenvalue weighted by Gasteiger charge is 2.16. The van der Waals surface area contributed by atoms with Gasteiger partial charge in [0.25, 0.3) is 0 Å². The summed E-state index contributed by atoms with van der Waals surface area (Å²) in [7, 11) is 5.18. The van der Waals surface area contributed by atoms with E-state index in [1.54, 1.807) is 14.2 Å². The largest absolute Gasteiger partial charge is 0.493 e. The SMILES string of the molecule is COc1cc(C)c(CN(C)CC(=O)NC(C)(C)C)cc1OC. The van der Waals surface area contributed by atoms with Gasteiger partial charge in [0.15, 0.2) is 11.5 Å². The van der Waals surface area contributed by atoms with Gasteiger partial charge in [0.05, 0.1) is 20.8 Å². The molecule has 1 aromatic carbocycles. The van der Waals surface area contributed by atoms with Crippen LogP contribution in [0.3, 0.4) is 0 Å². The van der Waals surface area contributed by atoms with Crippen molar-refractivity contribution in [3.05, 3.63) is 23.3 Å². The average molecular weight is 308 g/mol. The number of rotatable bonds is 6. The van der Waals surface area contributed by atoms with Crippen LogP contribution in [-0.2, 0) is 11.3 Å². The minimum absolute atomic E-state index is 0.0214. The highest BCUT2D eigenvalue weighted by molar-refractivity contribution is 5.78. The summed E-state index contributed by atoms with van der Waals surface area (Å²) in [6.45, 7) is 8.98. The normalized spacial score (nSPS) is 11.5. The van der Waals surface area contributed by atoms with Gasteiger partial charge in [-0.25, -0.2) is 0 Å². The number of hydrogen-bond acceptors (Lipinski definition) is 4. The van der Waals surface area contributed by atoms with Crippen LogP contribution < -0.4 is 14.8 Å². The van der Waals surface area contributed by atoms with Gasteiger partial charge in [-0.15, -0.1) is 0 Å². The summed E-state index contributed by atoms with van der Waals surface area (Å²) in [5.74, 6) is 1.45. The molecule has 0 saturated heterocycles. The first-order valence-corrected chi connectivity index (χ1v) is 7.37. The van der Waals surface area contributed by atoms with Gasteiger partial charge in [-0.2, -0.15) is 0 Å². The Bertz CT molecular complexity index is 521. The molecule has 0 radical (unpaired) electrons. The monoisotopic (exact) mass is 308 g/mol. The number of aryl methyl sites for hydroxylation is 1. The van der Waals surface area contributed by atoms with Crippen molar-refractivity contribution in [2.24, 2.45) is 0 Å². The molecule has 124 valence electrons. The first kappa shape index (κ1) is 18.3. The number of carbonyl (C=O) groups is 1. The van der Waals surface area contributed by atoms with Crippen molar-refractivity contribution in [3.8, 4) is 11.5 Å². The van der Waals surface area contributed by atoms with Crippen LogP contribution in [0, 0.1) is 6.92 Å². The minimum Gasteiger partial charge on any atom is -0.493 e. The number of benzene rings is 1. The van der Waals surface area contributed by atoms with E-state index >= 15 is 0 Å². The van der Waals surface area contributed by atoms with Crippen molar-refractivity contribution in [2.45, 2.75) is 39.8 Å². The number of nitrogens with one attached hydrogen (secondary N) is 1. The van der Waals surface area contributed by atoms with Crippen molar-refractivity contribution in [1.29, 1.82) is 0 Å². The highest BCUT2D eigenvalue weighted by Crippen LogP contribution is 2.30. The summed E-state index contributed by atoms with van der Waals surface area (Å²) in [5.41, 5.74) is 2.02. The van der Waals surface area contributed by atoms with Crippen LogP contribution in [-0.4, -0.2) is 44.2 Å². The highest BCUT2D eigenvalue weighted by atomic mass is 16.5. The third-order valence-corrected chi connectivity index (χ3v) is 3.21. The van der Waals surface area contributed by atoms with Crippen molar-refractivity contribution < 1.29 is 14.3 Å². The second-order valence-corrected chi connectivity index (χ2v) is 6.60. The molecule has 1 rings (SSSR count). The number of likely N-dealkylation sites (N-methyl/N-ethyl adjacent to an activating group) is 1. The lowest BCUT2D eigenvalue weighted by molar-refractivity contribution is -0.123. The number of ether oxygens (including phenoxy) is 2. The molecule has 5 nitrogen and oxygen atoms in total. The molecule has 5 heteroatoms. The first-order chi connectivity index (χ1) is 10.2. The zero-order valence-electron chi connectivity index (χ0n) is 14.7. The zero-order chi connectivity index (χ0) is 16.9. The maximum Gasteiger partial charge on any atom is 0.234 e. The first-order valence-electron chi connectivity index (χ1n) is 7.37. The van der Waals surface area contributed by atoms with Gasteiger partial charge in [0, 0.05) is 12.1 Å². The number of nitrogens with zero attached hydrogens (tertiary/aromatic N) is 1. The van der Waals surface area contributed by atoms with Crippen molar-refractivity contribution in [1.82, 2.24) is 10.2 Å². The van der Waals surface area contributed by atoms with Gasteiger partial charge in [-0.05, 0) is 58.0 Å². The van der Waals surface area contributed by atoms with Crippen molar-refractivity contribution in [2.75, 3.05) is 27.8 Å². The molecule has 0 heterocycles. The summed E-state index contributed by atoms with van der Waals surface area (Å²) < 4.78 is 10.6. The van der Waals surface area contributed by atoms with E-state index in [9.17, 15) is 4.79 Å². The molecule has 0 aliphatic rings. The number of methoxy groups -OCH3 is 2. The van der Waals surface area contributed by atoms with E-state index in [1.807, 2.05) is 51.8 Å². The second kappa shape index (κ2) is 7.49. The Morgan fingerprint density at radius 1 is 1.18 bits per heavy atom. The molecular weight excluding hydrogens is 280 g/mol. The summed E-state index contributed by atoms with van der Waals surface area (Å²) >= 11 is 0. The number of amides is 1. The second-order valence-electron chi connectivity index (χ2n) is 6.60. The summed E-state index contributed by atoms with van der Waals surface area (Å²) in [5, 5.41) is 2.97. The number of carbonyl (C=O) groups excluding carboxylic acids is 1. The van der Waals surface area contributed by atoms with E-state index < -0.39 is 0 Å². The smallest absolute Gasteiger partial charge is 0.234 e. The molecule has 1 N–H and O–H groups in total.